The van der Waals surface area contributed by atoms with Crippen molar-refractivity contribution in [3.8, 4) is 0 Å². The molecule has 0 spiro atoms. The van der Waals surface area contributed by atoms with Gasteiger partial charge in [-0.1, -0.05) is 13.8 Å². The predicted octanol–water partition coefficient (Wildman–Crippen LogP) is 1.86. The fraction of sp³-hybridized carbons (Fsp3) is 0.688. The van der Waals surface area contributed by atoms with E-state index in [0.29, 0.717) is 36.1 Å². The SMILES string of the molecule is CC(C)CC(=O)NCCc1ccc(S(=O)(=O)N(C)C2CCNC2)s1.Cl. The van der Waals surface area contributed by atoms with Crippen molar-refractivity contribution in [2.45, 2.75) is 43.4 Å². The number of amides is 1. The van der Waals surface area contributed by atoms with Crippen LogP contribution in [0.3, 0.4) is 0 Å². The third-order valence-electron chi connectivity index (χ3n) is 4.11. The van der Waals surface area contributed by atoms with Gasteiger partial charge in [-0.3, -0.25) is 4.79 Å². The van der Waals surface area contributed by atoms with E-state index in [4.69, 9.17) is 0 Å². The van der Waals surface area contributed by atoms with Gasteiger partial charge in [0.15, 0.2) is 0 Å². The molecule has 1 aromatic rings. The molecule has 1 saturated heterocycles. The van der Waals surface area contributed by atoms with Crippen LogP contribution in [-0.4, -0.2) is 51.4 Å². The molecule has 0 aliphatic carbocycles. The van der Waals surface area contributed by atoms with Crippen LogP contribution in [0.2, 0.25) is 0 Å². The lowest BCUT2D eigenvalue weighted by molar-refractivity contribution is -0.121. The largest absolute Gasteiger partial charge is 0.356 e. The third kappa shape index (κ3) is 6.21. The van der Waals surface area contributed by atoms with Crippen molar-refractivity contribution in [3.63, 3.8) is 0 Å². The first-order valence-corrected chi connectivity index (χ1v) is 10.6. The summed E-state index contributed by atoms with van der Waals surface area (Å²) >= 11 is 1.29. The Hall–Kier alpha value is -0.670. The van der Waals surface area contributed by atoms with Gasteiger partial charge in [0.05, 0.1) is 0 Å². The standard InChI is InChI=1S/C16H27N3O3S2.ClH/c1-12(2)10-15(20)18-9-7-14-4-5-16(23-14)24(21,22)19(3)13-6-8-17-11-13;/h4-5,12-13,17H,6-11H2,1-3H3,(H,18,20);1H. The third-order valence-corrected chi connectivity index (χ3v) is 7.63. The average Bonchev–Trinajstić information content (AvgIpc) is 3.17. The predicted molar refractivity (Wildman–Crippen MR) is 104 cm³/mol. The lowest BCUT2D eigenvalue weighted by atomic mass is 10.1. The summed E-state index contributed by atoms with van der Waals surface area (Å²) in [6.07, 6.45) is 2.01. The molecule has 1 atom stereocenters. The van der Waals surface area contributed by atoms with Gasteiger partial charge in [-0.15, -0.1) is 23.7 Å². The van der Waals surface area contributed by atoms with Crippen molar-refractivity contribution in [2.75, 3.05) is 26.7 Å². The molecule has 1 amide bonds. The van der Waals surface area contributed by atoms with E-state index in [1.807, 2.05) is 19.9 Å². The number of carbonyl (C=O) groups excluding carboxylic acids is 1. The first-order chi connectivity index (χ1) is 11.3. The Kier molecular flexibility index (Phi) is 8.83. The van der Waals surface area contributed by atoms with E-state index in [1.165, 1.54) is 15.6 Å². The second-order valence-corrected chi connectivity index (χ2v) is 9.98. The van der Waals surface area contributed by atoms with Gasteiger partial charge in [0.2, 0.25) is 5.91 Å². The molecule has 1 aliphatic rings. The minimum atomic E-state index is -3.43. The number of hydrogen-bond donors (Lipinski definition) is 2. The van der Waals surface area contributed by atoms with Crippen LogP contribution in [0, 0.1) is 5.92 Å². The highest BCUT2D eigenvalue weighted by Crippen LogP contribution is 2.26. The monoisotopic (exact) mass is 409 g/mol. The Morgan fingerprint density at radius 2 is 2.16 bits per heavy atom. The highest BCUT2D eigenvalue weighted by Gasteiger charge is 2.30. The molecule has 25 heavy (non-hydrogen) atoms. The number of nitrogens with zero attached hydrogens (tertiary/aromatic N) is 1. The van der Waals surface area contributed by atoms with Gasteiger partial charge < -0.3 is 10.6 Å². The lowest BCUT2D eigenvalue weighted by Gasteiger charge is -2.22. The molecule has 0 aromatic carbocycles. The summed E-state index contributed by atoms with van der Waals surface area (Å²) in [6.45, 7) is 6.11. The Labute approximate surface area is 160 Å². The van der Waals surface area contributed by atoms with Crippen molar-refractivity contribution in [1.82, 2.24) is 14.9 Å². The molecule has 1 aliphatic heterocycles. The zero-order valence-electron chi connectivity index (χ0n) is 14.9. The summed E-state index contributed by atoms with van der Waals surface area (Å²) in [5.41, 5.74) is 0. The number of halogens is 1. The Balaban J connectivity index is 0.00000312. The molecular weight excluding hydrogens is 382 g/mol. The van der Waals surface area contributed by atoms with Gasteiger partial charge >= 0.3 is 0 Å². The Bertz CT molecular complexity index is 655. The van der Waals surface area contributed by atoms with Crippen LogP contribution in [0.25, 0.3) is 0 Å². The molecule has 1 fully saturated rings. The molecule has 0 bridgehead atoms. The topological polar surface area (TPSA) is 78.5 Å². The van der Waals surface area contributed by atoms with E-state index in [2.05, 4.69) is 10.6 Å². The van der Waals surface area contributed by atoms with Crippen molar-refractivity contribution >= 4 is 39.7 Å². The summed E-state index contributed by atoms with van der Waals surface area (Å²) in [5.74, 6) is 0.381. The molecule has 0 saturated carbocycles. The number of likely N-dealkylation sites (N-methyl/N-ethyl adjacent to an activating group) is 1. The van der Waals surface area contributed by atoms with Gasteiger partial charge in [0.1, 0.15) is 4.21 Å². The van der Waals surface area contributed by atoms with Crippen molar-refractivity contribution in [1.29, 1.82) is 0 Å². The normalized spacial score (nSPS) is 17.7. The zero-order valence-corrected chi connectivity index (χ0v) is 17.4. The van der Waals surface area contributed by atoms with Crippen LogP contribution in [-0.2, 0) is 21.2 Å². The second kappa shape index (κ2) is 9.87. The molecule has 2 rings (SSSR count). The minimum absolute atomic E-state index is 0. The number of sulfonamides is 1. The highest BCUT2D eigenvalue weighted by molar-refractivity contribution is 7.91. The first kappa shape index (κ1) is 22.4. The molecule has 144 valence electrons. The second-order valence-electron chi connectivity index (χ2n) is 6.59. The van der Waals surface area contributed by atoms with Crippen LogP contribution >= 0.6 is 23.7 Å². The summed E-state index contributed by atoms with van der Waals surface area (Å²) in [5, 5.41) is 6.07. The minimum Gasteiger partial charge on any atom is -0.356 e. The van der Waals surface area contributed by atoms with Gasteiger partial charge in [-0.25, -0.2) is 8.42 Å². The Morgan fingerprint density at radius 3 is 2.76 bits per heavy atom. The highest BCUT2D eigenvalue weighted by atomic mass is 35.5. The van der Waals surface area contributed by atoms with Crippen LogP contribution in [0.15, 0.2) is 16.3 Å². The van der Waals surface area contributed by atoms with Crippen molar-refractivity contribution in [3.05, 3.63) is 17.0 Å². The van der Waals surface area contributed by atoms with Crippen LogP contribution < -0.4 is 10.6 Å². The smallest absolute Gasteiger partial charge is 0.252 e. The van der Waals surface area contributed by atoms with Crippen LogP contribution in [0.1, 0.15) is 31.6 Å². The van der Waals surface area contributed by atoms with E-state index in [9.17, 15) is 13.2 Å². The van der Waals surface area contributed by atoms with Gasteiger partial charge in [0.25, 0.3) is 10.0 Å². The van der Waals surface area contributed by atoms with Gasteiger partial charge in [-0.05, 0) is 37.4 Å². The molecule has 2 heterocycles. The van der Waals surface area contributed by atoms with Gasteiger partial charge in [0, 0.05) is 37.5 Å². The van der Waals surface area contributed by atoms with Crippen molar-refractivity contribution in [2.24, 2.45) is 5.92 Å². The molecular formula is C16H28ClN3O3S2. The molecule has 6 nitrogen and oxygen atoms in total. The molecule has 0 radical (unpaired) electrons. The Morgan fingerprint density at radius 1 is 1.44 bits per heavy atom. The fourth-order valence-corrected chi connectivity index (χ4v) is 5.61. The summed E-state index contributed by atoms with van der Waals surface area (Å²) < 4.78 is 27.2. The van der Waals surface area contributed by atoms with E-state index >= 15 is 0 Å². The maximum absolute atomic E-state index is 12.7. The molecule has 1 unspecified atom stereocenters. The van der Waals surface area contributed by atoms with E-state index < -0.39 is 10.0 Å². The van der Waals surface area contributed by atoms with Gasteiger partial charge in [-0.2, -0.15) is 4.31 Å². The van der Waals surface area contributed by atoms with Crippen molar-refractivity contribution < 1.29 is 13.2 Å². The fourth-order valence-electron chi connectivity index (χ4n) is 2.69. The number of carbonyl (C=O) groups is 1. The molecule has 9 heteroatoms. The number of nitrogens with one attached hydrogen (secondary N) is 2. The molecule has 2 N–H and O–H groups in total. The lowest BCUT2D eigenvalue weighted by Crippen LogP contribution is -2.37. The maximum atomic E-state index is 12.7. The maximum Gasteiger partial charge on any atom is 0.252 e. The van der Waals surface area contributed by atoms with E-state index in [-0.39, 0.29) is 24.4 Å². The summed E-state index contributed by atoms with van der Waals surface area (Å²) in [7, 11) is -1.78. The first-order valence-electron chi connectivity index (χ1n) is 8.35. The number of rotatable bonds is 8. The summed E-state index contributed by atoms with van der Waals surface area (Å²) in [6, 6.07) is 3.53. The van der Waals surface area contributed by atoms with E-state index in [0.717, 1.165) is 17.8 Å². The summed E-state index contributed by atoms with van der Waals surface area (Å²) in [4.78, 5) is 12.6. The average molecular weight is 410 g/mol. The number of thiophene rings is 1. The number of hydrogen-bond acceptors (Lipinski definition) is 5. The zero-order chi connectivity index (χ0) is 17.7. The quantitative estimate of drug-likeness (QED) is 0.686. The van der Waals surface area contributed by atoms with E-state index in [1.54, 1.807) is 13.1 Å². The molecule has 1 aromatic heterocycles. The van der Waals surface area contributed by atoms with Crippen LogP contribution in [0.4, 0.5) is 0 Å². The van der Waals surface area contributed by atoms with Crippen LogP contribution in [0.5, 0.6) is 0 Å².